The highest BCUT2D eigenvalue weighted by atomic mass is 19.1. The first-order valence-electron chi connectivity index (χ1n) is 16.5. The lowest BCUT2D eigenvalue weighted by molar-refractivity contribution is -0.122. The lowest BCUT2D eigenvalue weighted by Crippen LogP contribution is -2.46. The third-order valence-corrected chi connectivity index (χ3v) is 9.09. The molecule has 1 aliphatic heterocycles. The molecule has 5 nitrogen and oxygen atoms in total. The van der Waals surface area contributed by atoms with Gasteiger partial charge < -0.3 is 15.4 Å². The van der Waals surface area contributed by atoms with E-state index in [-0.39, 0.29) is 46.0 Å². The Morgan fingerprint density at radius 2 is 1.39 bits per heavy atom. The number of Topliss-reactive ketones (excluding diaryl/α,β-unsaturated/α-hetero) is 1. The Labute approximate surface area is 273 Å². The highest BCUT2D eigenvalue weighted by Gasteiger charge is 2.33. The van der Waals surface area contributed by atoms with Crippen LogP contribution in [0.4, 0.5) is 8.78 Å². The standard InChI is InChI=1S/C39H50F2N2O3/c1-38(2,3)32-22-28(23-33(36(32)46-7)39(4,5)6)37(45)43-35(27-20-21-42-24-27)34(44)11-9-8-10-31(25-12-16-29(40)17-13-25)26-14-18-30(41)19-15-26/h12-19,22-23,27,31,35,42H,8-11,20-21,24H2,1-7H3,(H,43,45)/t27?,35-/m0/s1. The molecule has 7 heteroatoms. The summed E-state index contributed by atoms with van der Waals surface area (Å²) in [5.74, 6) is -0.0655. The number of ether oxygens (including phenoxy) is 1. The number of rotatable bonds is 12. The summed E-state index contributed by atoms with van der Waals surface area (Å²) in [4.78, 5) is 27.6. The minimum atomic E-state index is -0.592. The van der Waals surface area contributed by atoms with Crippen molar-refractivity contribution >= 4 is 11.7 Å². The smallest absolute Gasteiger partial charge is 0.251 e. The van der Waals surface area contributed by atoms with Crippen LogP contribution in [0.2, 0.25) is 0 Å². The average molecular weight is 633 g/mol. The molecule has 46 heavy (non-hydrogen) atoms. The fraction of sp³-hybridized carbons (Fsp3) is 0.487. The zero-order valence-electron chi connectivity index (χ0n) is 28.4. The molecule has 1 aliphatic rings. The number of hydrogen-bond donors (Lipinski definition) is 2. The summed E-state index contributed by atoms with van der Waals surface area (Å²) in [6.45, 7) is 14.1. The summed E-state index contributed by atoms with van der Waals surface area (Å²) >= 11 is 0. The number of hydrogen-bond acceptors (Lipinski definition) is 4. The Hall–Kier alpha value is -3.58. The minimum absolute atomic E-state index is 0.0186. The van der Waals surface area contributed by atoms with Gasteiger partial charge in [0.15, 0.2) is 5.78 Å². The van der Waals surface area contributed by atoms with Crippen molar-refractivity contribution in [1.82, 2.24) is 10.6 Å². The van der Waals surface area contributed by atoms with Crippen molar-refractivity contribution in [2.75, 3.05) is 20.2 Å². The second-order valence-corrected chi connectivity index (χ2v) is 14.7. The van der Waals surface area contributed by atoms with Gasteiger partial charge in [0, 0.05) is 35.6 Å². The molecular weight excluding hydrogens is 582 g/mol. The number of nitrogens with one attached hydrogen (secondary N) is 2. The van der Waals surface area contributed by atoms with Gasteiger partial charge >= 0.3 is 0 Å². The maximum absolute atomic E-state index is 13.9. The van der Waals surface area contributed by atoms with Crippen LogP contribution in [0.3, 0.4) is 0 Å². The third kappa shape index (κ3) is 8.81. The van der Waals surface area contributed by atoms with Gasteiger partial charge in [0.05, 0.1) is 13.2 Å². The van der Waals surface area contributed by atoms with Gasteiger partial charge in [0.1, 0.15) is 17.4 Å². The summed E-state index contributed by atoms with van der Waals surface area (Å²) in [6.07, 6.45) is 3.27. The Morgan fingerprint density at radius 1 is 0.870 bits per heavy atom. The van der Waals surface area contributed by atoms with Gasteiger partial charge in [-0.3, -0.25) is 9.59 Å². The van der Waals surface area contributed by atoms with Crippen LogP contribution in [0, 0.1) is 17.6 Å². The molecule has 2 N–H and O–H groups in total. The minimum Gasteiger partial charge on any atom is -0.496 e. The van der Waals surface area contributed by atoms with E-state index in [0.717, 1.165) is 53.8 Å². The number of carbonyl (C=O) groups is 2. The van der Waals surface area contributed by atoms with Gasteiger partial charge in [0.25, 0.3) is 5.91 Å². The topological polar surface area (TPSA) is 67.4 Å². The molecule has 2 atom stereocenters. The van der Waals surface area contributed by atoms with Crippen LogP contribution < -0.4 is 15.4 Å². The molecule has 0 saturated carbocycles. The van der Waals surface area contributed by atoms with Crippen molar-refractivity contribution in [2.24, 2.45) is 5.92 Å². The average Bonchev–Trinajstić information content (AvgIpc) is 3.54. The second kappa shape index (κ2) is 14.9. The normalized spacial score (nSPS) is 16.0. The molecule has 0 aliphatic carbocycles. The van der Waals surface area contributed by atoms with Crippen molar-refractivity contribution in [3.63, 3.8) is 0 Å². The van der Waals surface area contributed by atoms with Crippen molar-refractivity contribution in [2.45, 2.75) is 96.4 Å². The Morgan fingerprint density at radius 3 is 1.83 bits per heavy atom. The molecule has 0 bridgehead atoms. The molecule has 248 valence electrons. The molecule has 0 radical (unpaired) electrons. The monoisotopic (exact) mass is 632 g/mol. The summed E-state index contributed by atoms with van der Waals surface area (Å²) in [6, 6.07) is 16.0. The van der Waals surface area contributed by atoms with Crippen molar-refractivity contribution in [1.29, 1.82) is 0 Å². The number of ketones is 1. The van der Waals surface area contributed by atoms with E-state index in [1.807, 2.05) is 12.1 Å². The Balaban J connectivity index is 1.50. The van der Waals surface area contributed by atoms with Gasteiger partial charge in [-0.05, 0) is 90.1 Å². The van der Waals surface area contributed by atoms with E-state index in [1.54, 1.807) is 31.4 Å². The van der Waals surface area contributed by atoms with E-state index in [2.05, 4.69) is 52.2 Å². The molecule has 0 spiro atoms. The second-order valence-electron chi connectivity index (χ2n) is 14.7. The van der Waals surface area contributed by atoms with Gasteiger partial charge in [-0.2, -0.15) is 0 Å². The molecule has 1 amide bonds. The third-order valence-electron chi connectivity index (χ3n) is 9.09. The number of methoxy groups -OCH3 is 1. The SMILES string of the molecule is COc1c(C(C)(C)C)cc(C(=O)N[C@H](C(=O)CCCCC(c2ccc(F)cc2)c2ccc(F)cc2)C2CCNC2)cc1C(C)(C)C. The van der Waals surface area contributed by atoms with Gasteiger partial charge in [-0.1, -0.05) is 72.2 Å². The summed E-state index contributed by atoms with van der Waals surface area (Å²) in [5, 5.41) is 6.49. The fourth-order valence-electron chi connectivity index (χ4n) is 6.46. The van der Waals surface area contributed by atoms with Crippen LogP contribution in [0.1, 0.15) is 112 Å². The van der Waals surface area contributed by atoms with Crippen molar-refractivity contribution in [3.05, 3.63) is 100 Å². The summed E-state index contributed by atoms with van der Waals surface area (Å²) in [5.41, 5.74) is 3.82. The van der Waals surface area contributed by atoms with E-state index in [9.17, 15) is 18.4 Å². The van der Waals surface area contributed by atoms with E-state index in [1.165, 1.54) is 24.3 Å². The molecule has 1 heterocycles. The molecule has 0 aromatic heterocycles. The van der Waals surface area contributed by atoms with Crippen LogP contribution in [0.15, 0.2) is 60.7 Å². The summed E-state index contributed by atoms with van der Waals surface area (Å²) < 4.78 is 33.2. The number of amides is 1. The van der Waals surface area contributed by atoms with E-state index < -0.39 is 6.04 Å². The Kier molecular flexibility index (Phi) is 11.4. The van der Waals surface area contributed by atoms with Crippen LogP contribution in [0.25, 0.3) is 0 Å². The number of carbonyl (C=O) groups excluding carboxylic acids is 2. The van der Waals surface area contributed by atoms with Crippen molar-refractivity contribution < 1.29 is 23.1 Å². The van der Waals surface area contributed by atoms with Crippen LogP contribution in [-0.2, 0) is 15.6 Å². The quantitative estimate of drug-likeness (QED) is 0.198. The maximum atomic E-state index is 13.9. The highest BCUT2D eigenvalue weighted by Crippen LogP contribution is 2.40. The number of benzene rings is 3. The molecule has 3 aromatic carbocycles. The molecule has 1 saturated heterocycles. The highest BCUT2D eigenvalue weighted by molar-refractivity contribution is 5.98. The summed E-state index contributed by atoms with van der Waals surface area (Å²) in [7, 11) is 1.67. The molecule has 3 aromatic rings. The molecular formula is C39H50F2N2O3. The molecule has 1 unspecified atom stereocenters. The zero-order valence-corrected chi connectivity index (χ0v) is 28.4. The lowest BCUT2D eigenvalue weighted by atomic mass is 9.78. The van der Waals surface area contributed by atoms with Crippen LogP contribution >= 0.6 is 0 Å². The zero-order chi connectivity index (χ0) is 33.6. The predicted octanol–water partition coefficient (Wildman–Crippen LogP) is 8.24. The fourth-order valence-corrected chi connectivity index (χ4v) is 6.46. The molecule has 4 rings (SSSR count). The number of halogens is 2. The first-order chi connectivity index (χ1) is 21.7. The first kappa shape index (κ1) is 35.3. The maximum Gasteiger partial charge on any atom is 0.251 e. The predicted molar refractivity (Wildman–Crippen MR) is 181 cm³/mol. The van der Waals surface area contributed by atoms with Crippen LogP contribution in [0.5, 0.6) is 5.75 Å². The number of unbranched alkanes of at least 4 members (excludes halogenated alkanes) is 1. The van der Waals surface area contributed by atoms with Gasteiger partial charge in [-0.25, -0.2) is 8.78 Å². The van der Waals surface area contributed by atoms with Crippen LogP contribution in [-0.4, -0.2) is 37.9 Å². The van der Waals surface area contributed by atoms with E-state index in [4.69, 9.17) is 4.74 Å². The Bertz CT molecular complexity index is 1400. The lowest BCUT2D eigenvalue weighted by Gasteiger charge is -2.30. The first-order valence-corrected chi connectivity index (χ1v) is 16.5. The van der Waals surface area contributed by atoms with E-state index in [0.29, 0.717) is 24.9 Å². The largest absolute Gasteiger partial charge is 0.496 e. The molecule has 1 fully saturated rings. The van der Waals surface area contributed by atoms with Gasteiger partial charge in [0.2, 0.25) is 0 Å². The van der Waals surface area contributed by atoms with Gasteiger partial charge in [-0.15, -0.1) is 0 Å². The van der Waals surface area contributed by atoms with E-state index >= 15 is 0 Å². The van der Waals surface area contributed by atoms with Crippen molar-refractivity contribution in [3.8, 4) is 5.75 Å².